The summed E-state index contributed by atoms with van der Waals surface area (Å²) in [6, 6.07) is 12.7. The van der Waals surface area contributed by atoms with Crippen LogP contribution in [0.5, 0.6) is 5.75 Å². The highest BCUT2D eigenvalue weighted by Gasteiger charge is 2.35. The monoisotopic (exact) mass is 617 g/mol. The Kier molecular flexibility index (Phi) is 9.12. The quantitative estimate of drug-likeness (QED) is 0.109. The van der Waals surface area contributed by atoms with Gasteiger partial charge in [0, 0.05) is 24.0 Å². The molecule has 0 amide bonds. The maximum absolute atomic E-state index is 14.0. The fourth-order valence-corrected chi connectivity index (χ4v) is 6.57. The van der Waals surface area contributed by atoms with E-state index in [9.17, 15) is 19.7 Å². The van der Waals surface area contributed by atoms with Gasteiger partial charge in [-0.2, -0.15) is 0 Å². The van der Waals surface area contributed by atoms with Crippen LogP contribution in [0.1, 0.15) is 43.9 Å². The number of nitrogens with zero attached hydrogens (tertiary/aromatic N) is 5. The fourth-order valence-electron chi connectivity index (χ4n) is 4.75. The molecule has 2 aromatic heterocycles. The number of benzene rings is 2. The maximum Gasteiger partial charge on any atom is 0.338 e. The third-order valence-corrected chi connectivity index (χ3v) is 8.49. The molecule has 4 aromatic rings. The molecule has 0 bridgehead atoms. The average Bonchev–Trinajstić information content (AvgIpc) is 3.31. The number of rotatable bonds is 10. The van der Waals surface area contributed by atoms with Gasteiger partial charge in [-0.3, -0.25) is 19.5 Å². The number of esters is 1. The van der Waals surface area contributed by atoms with Crippen LogP contribution in [-0.2, 0) is 9.53 Å². The molecular weight excluding hydrogens is 590 g/mol. The van der Waals surface area contributed by atoms with Crippen LogP contribution in [-0.4, -0.2) is 39.1 Å². The zero-order chi connectivity index (χ0) is 30.5. The number of nitro groups is 1. The van der Waals surface area contributed by atoms with Gasteiger partial charge < -0.3 is 9.47 Å². The lowest BCUT2D eigenvalue weighted by atomic mass is 9.93. The van der Waals surface area contributed by atoms with Gasteiger partial charge in [0.05, 0.1) is 39.3 Å². The average molecular weight is 618 g/mol. The van der Waals surface area contributed by atoms with Crippen molar-refractivity contribution < 1.29 is 19.2 Å². The number of hydrogen-bond acceptors (Lipinski definition) is 11. The van der Waals surface area contributed by atoms with Crippen LogP contribution in [0.2, 0.25) is 0 Å². The summed E-state index contributed by atoms with van der Waals surface area (Å²) in [6.45, 7) is 3.87. The Morgan fingerprint density at radius 3 is 2.63 bits per heavy atom. The number of thiazole rings is 1. The molecule has 1 aliphatic rings. The van der Waals surface area contributed by atoms with Crippen LogP contribution < -0.4 is 19.6 Å². The maximum atomic E-state index is 14.0. The van der Waals surface area contributed by atoms with Gasteiger partial charge in [0.15, 0.2) is 9.96 Å². The number of hydrogen-bond donors (Lipinski definition) is 0. The summed E-state index contributed by atoms with van der Waals surface area (Å²) in [5.41, 5.74) is 1.38. The molecular formula is C30H27N5O6S2. The van der Waals surface area contributed by atoms with E-state index >= 15 is 0 Å². The third-order valence-electron chi connectivity index (χ3n) is 6.55. The van der Waals surface area contributed by atoms with Gasteiger partial charge >= 0.3 is 5.97 Å². The molecule has 0 aliphatic carbocycles. The highest BCUT2D eigenvalue weighted by atomic mass is 32.2. The second-order valence-corrected chi connectivity index (χ2v) is 11.3. The van der Waals surface area contributed by atoms with Gasteiger partial charge in [-0.25, -0.2) is 19.8 Å². The minimum Gasteiger partial charge on any atom is -0.496 e. The Labute approximate surface area is 254 Å². The van der Waals surface area contributed by atoms with E-state index in [0.29, 0.717) is 48.4 Å². The zero-order valence-electron chi connectivity index (χ0n) is 23.6. The molecule has 0 unspecified atom stereocenters. The lowest BCUT2D eigenvalue weighted by Gasteiger charge is -2.26. The third kappa shape index (κ3) is 6.13. The number of carbonyl (C=O) groups is 1. The van der Waals surface area contributed by atoms with Crippen LogP contribution in [0.4, 0.5) is 5.69 Å². The Morgan fingerprint density at radius 1 is 1.16 bits per heavy atom. The number of allylic oxidation sites excluding steroid dienone is 1. The summed E-state index contributed by atoms with van der Waals surface area (Å²) in [6.07, 6.45) is 5.94. The van der Waals surface area contributed by atoms with Crippen LogP contribution in [0.3, 0.4) is 0 Å². The summed E-state index contributed by atoms with van der Waals surface area (Å²) in [5.74, 6) is -0.0428. The van der Waals surface area contributed by atoms with E-state index in [2.05, 4.69) is 9.97 Å². The minimum atomic E-state index is -0.839. The highest BCUT2D eigenvalue weighted by molar-refractivity contribution is 7.99. The lowest BCUT2D eigenvalue weighted by Crippen LogP contribution is -2.40. The Balaban J connectivity index is 1.68. The molecule has 0 N–H and O–H groups in total. The van der Waals surface area contributed by atoms with E-state index in [1.165, 1.54) is 17.7 Å². The van der Waals surface area contributed by atoms with E-state index in [0.717, 1.165) is 29.5 Å². The molecule has 43 heavy (non-hydrogen) atoms. The molecule has 11 nitrogen and oxygen atoms in total. The van der Waals surface area contributed by atoms with Gasteiger partial charge in [-0.1, -0.05) is 48.9 Å². The number of ether oxygens (including phenoxy) is 2. The number of para-hydroxylation sites is 1. The molecule has 0 fully saturated rings. The normalized spacial score (nSPS) is 14.7. The summed E-state index contributed by atoms with van der Waals surface area (Å²) in [5, 5.41) is 12.3. The largest absolute Gasteiger partial charge is 0.496 e. The van der Waals surface area contributed by atoms with E-state index < -0.39 is 22.5 Å². The predicted octanol–water partition coefficient (Wildman–Crippen LogP) is 4.44. The van der Waals surface area contributed by atoms with Crippen molar-refractivity contribution in [3.05, 3.63) is 113 Å². The van der Waals surface area contributed by atoms with Crippen molar-refractivity contribution in [3.63, 3.8) is 0 Å². The second kappa shape index (κ2) is 13.1. The van der Waals surface area contributed by atoms with Crippen molar-refractivity contribution in [1.29, 1.82) is 0 Å². The molecule has 5 rings (SSSR count). The molecule has 0 radical (unpaired) electrons. The minimum absolute atomic E-state index is 0.138. The summed E-state index contributed by atoms with van der Waals surface area (Å²) >= 11 is 2.23. The van der Waals surface area contributed by atoms with Crippen molar-refractivity contribution in [2.24, 2.45) is 4.99 Å². The van der Waals surface area contributed by atoms with Crippen molar-refractivity contribution >= 4 is 40.8 Å². The zero-order valence-corrected chi connectivity index (χ0v) is 25.2. The molecule has 1 atom stereocenters. The first-order chi connectivity index (χ1) is 20.9. The first kappa shape index (κ1) is 29.9. The number of methoxy groups -OCH3 is 1. The van der Waals surface area contributed by atoms with E-state index in [4.69, 9.17) is 14.5 Å². The van der Waals surface area contributed by atoms with E-state index in [1.54, 1.807) is 49.7 Å². The van der Waals surface area contributed by atoms with Crippen molar-refractivity contribution in [1.82, 2.24) is 14.5 Å². The van der Waals surface area contributed by atoms with Crippen LogP contribution in [0.25, 0.3) is 6.08 Å². The molecule has 0 spiro atoms. The Morgan fingerprint density at radius 2 is 1.93 bits per heavy atom. The van der Waals surface area contributed by atoms with E-state index in [1.807, 2.05) is 25.1 Å². The molecule has 1 aliphatic heterocycles. The van der Waals surface area contributed by atoms with Gasteiger partial charge in [0.25, 0.3) is 11.2 Å². The van der Waals surface area contributed by atoms with Gasteiger partial charge in [0.2, 0.25) is 0 Å². The number of carbonyl (C=O) groups excluding carboxylic acids is 1. The van der Waals surface area contributed by atoms with Crippen LogP contribution in [0.15, 0.2) is 92.0 Å². The van der Waals surface area contributed by atoms with Gasteiger partial charge in [-0.15, -0.1) is 0 Å². The number of aromatic nitrogens is 3. The topological polar surface area (TPSA) is 139 Å². The SMILES string of the molecule is CCCC1=C(C(=O)OCC)[C@@H](c2ccccc2OC)n2c(s/c(=C/c3ccc(Sc4ncccn4)c([N+](=O)[O-])c3)c2=O)=N1. The molecule has 0 saturated heterocycles. The first-order valence-corrected chi connectivity index (χ1v) is 15.1. The highest BCUT2D eigenvalue weighted by Crippen LogP contribution is 2.37. The molecule has 2 aromatic carbocycles. The molecule has 220 valence electrons. The van der Waals surface area contributed by atoms with E-state index in [-0.39, 0.29) is 17.9 Å². The van der Waals surface area contributed by atoms with Gasteiger partial charge in [-0.05, 0) is 54.9 Å². The summed E-state index contributed by atoms with van der Waals surface area (Å²) < 4.78 is 12.9. The van der Waals surface area contributed by atoms with Crippen molar-refractivity contribution in [2.75, 3.05) is 13.7 Å². The standard InChI is InChI=1S/C30H27N5O6S2/c1-4-9-20-25(28(37)41-5-2)26(19-10-6-7-11-22(19)40-3)34-27(36)24(43-30(34)33-20)17-18-12-13-23(21(16-18)35(38)39)42-29-31-14-8-15-32-29/h6-8,10-17,26H,4-5,9H2,1-3H3/b24-17+/t26-/m1/s1. The number of fused-ring (bicyclic) bond motifs is 1. The second-order valence-electron chi connectivity index (χ2n) is 9.27. The predicted molar refractivity (Wildman–Crippen MR) is 162 cm³/mol. The van der Waals surface area contributed by atoms with Gasteiger partial charge in [0.1, 0.15) is 11.8 Å². The lowest BCUT2D eigenvalue weighted by molar-refractivity contribution is -0.387. The van der Waals surface area contributed by atoms with Crippen LogP contribution in [0, 0.1) is 10.1 Å². The van der Waals surface area contributed by atoms with Crippen molar-refractivity contribution in [3.8, 4) is 5.75 Å². The fraction of sp³-hybridized carbons (Fsp3) is 0.233. The summed E-state index contributed by atoms with van der Waals surface area (Å²) in [7, 11) is 1.53. The molecule has 13 heteroatoms. The molecule has 3 heterocycles. The van der Waals surface area contributed by atoms with Crippen molar-refractivity contribution in [2.45, 2.75) is 42.8 Å². The smallest absolute Gasteiger partial charge is 0.338 e. The first-order valence-electron chi connectivity index (χ1n) is 13.4. The Hall–Kier alpha value is -4.62. The molecule has 0 saturated carbocycles. The summed E-state index contributed by atoms with van der Waals surface area (Å²) in [4.78, 5) is 52.7. The van der Waals surface area contributed by atoms with Crippen LogP contribution >= 0.6 is 23.1 Å². The Bertz CT molecular complexity index is 1900. The number of nitro benzene ring substituents is 1.